The number of aliphatic carboxylic acids is 1. The van der Waals surface area contributed by atoms with Gasteiger partial charge >= 0.3 is 5.97 Å². The Hall–Kier alpha value is -1.51. The highest BCUT2D eigenvalue weighted by atomic mass is 16.5. The Morgan fingerprint density at radius 3 is 2.52 bits per heavy atom. The first-order valence-electron chi connectivity index (χ1n) is 7.69. The number of carbonyl (C=O) groups is 1. The fraction of sp³-hybridized carbons (Fsp3) is 0.611. The molecule has 0 saturated heterocycles. The van der Waals surface area contributed by atoms with E-state index in [1.54, 1.807) is 7.11 Å². The fourth-order valence-corrected chi connectivity index (χ4v) is 3.01. The summed E-state index contributed by atoms with van der Waals surface area (Å²) < 4.78 is 5.48. The standard InChI is InChI=1S/C18H26O3/c1-18(2,3)11-12-5-8-16(21-4)15(9-12)14(10-17(19)20)13-6-7-13/h5,8-9,13-14H,6-7,10-11H2,1-4H3,(H,19,20). The topological polar surface area (TPSA) is 46.5 Å². The van der Waals surface area contributed by atoms with Crippen LogP contribution >= 0.6 is 0 Å². The summed E-state index contributed by atoms with van der Waals surface area (Å²) in [4.78, 5) is 11.2. The second kappa shape index (κ2) is 6.08. The molecule has 1 atom stereocenters. The number of benzene rings is 1. The molecule has 0 bridgehead atoms. The van der Waals surface area contributed by atoms with Gasteiger partial charge in [-0.25, -0.2) is 0 Å². The van der Waals surface area contributed by atoms with Crippen LogP contribution in [-0.2, 0) is 11.2 Å². The smallest absolute Gasteiger partial charge is 0.303 e. The molecule has 21 heavy (non-hydrogen) atoms. The molecule has 1 fully saturated rings. The Balaban J connectivity index is 2.33. The summed E-state index contributed by atoms with van der Waals surface area (Å²) in [5.41, 5.74) is 2.55. The van der Waals surface area contributed by atoms with Crippen LogP contribution in [0, 0.1) is 11.3 Å². The van der Waals surface area contributed by atoms with Crippen molar-refractivity contribution in [3.63, 3.8) is 0 Å². The number of carboxylic acid groups (broad SMARTS) is 1. The van der Waals surface area contributed by atoms with Crippen molar-refractivity contribution in [3.8, 4) is 5.75 Å². The zero-order valence-electron chi connectivity index (χ0n) is 13.5. The Bertz CT molecular complexity index is 510. The minimum Gasteiger partial charge on any atom is -0.496 e. The van der Waals surface area contributed by atoms with Gasteiger partial charge in [0, 0.05) is 5.92 Å². The van der Waals surface area contributed by atoms with Gasteiger partial charge in [-0.15, -0.1) is 0 Å². The molecule has 2 rings (SSSR count). The van der Waals surface area contributed by atoms with E-state index in [0.717, 1.165) is 30.6 Å². The molecule has 1 aromatic rings. The van der Waals surface area contributed by atoms with E-state index in [1.165, 1.54) is 5.56 Å². The first-order valence-corrected chi connectivity index (χ1v) is 7.69. The molecule has 0 aromatic heterocycles. The molecule has 3 heteroatoms. The minimum atomic E-state index is -0.727. The minimum absolute atomic E-state index is 0.0809. The molecule has 1 unspecified atom stereocenters. The summed E-state index contributed by atoms with van der Waals surface area (Å²) in [5.74, 6) is 0.679. The molecule has 1 N–H and O–H groups in total. The number of rotatable bonds is 6. The van der Waals surface area contributed by atoms with Gasteiger partial charge in [-0.1, -0.05) is 32.9 Å². The monoisotopic (exact) mass is 290 g/mol. The number of hydrogen-bond acceptors (Lipinski definition) is 2. The van der Waals surface area contributed by atoms with E-state index < -0.39 is 5.97 Å². The van der Waals surface area contributed by atoms with Gasteiger partial charge < -0.3 is 9.84 Å². The van der Waals surface area contributed by atoms with Crippen LogP contribution in [0.5, 0.6) is 5.75 Å². The maximum absolute atomic E-state index is 11.2. The van der Waals surface area contributed by atoms with Gasteiger partial charge in [0.2, 0.25) is 0 Å². The van der Waals surface area contributed by atoms with Gasteiger partial charge in [-0.05, 0) is 47.8 Å². The fourth-order valence-electron chi connectivity index (χ4n) is 3.01. The molecule has 0 radical (unpaired) electrons. The van der Waals surface area contributed by atoms with Gasteiger partial charge in [0.1, 0.15) is 5.75 Å². The van der Waals surface area contributed by atoms with Gasteiger partial charge in [0.15, 0.2) is 0 Å². The van der Waals surface area contributed by atoms with E-state index in [9.17, 15) is 9.90 Å². The van der Waals surface area contributed by atoms with E-state index >= 15 is 0 Å². The van der Waals surface area contributed by atoms with Crippen molar-refractivity contribution in [2.45, 2.75) is 52.4 Å². The molecule has 1 aromatic carbocycles. The molecule has 0 aliphatic heterocycles. The molecular formula is C18H26O3. The molecule has 1 aliphatic carbocycles. The van der Waals surface area contributed by atoms with E-state index in [2.05, 4.69) is 32.9 Å². The van der Waals surface area contributed by atoms with Crippen LogP contribution in [0.4, 0.5) is 0 Å². The molecular weight excluding hydrogens is 264 g/mol. The third-order valence-electron chi connectivity index (χ3n) is 4.01. The predicted molar refractivity (Wildman–Crippen MR) is 83.9 cm³/mol. The van der Waals surface area contributed by atoms with Crippen LogP contribution in [-0.4, -0.2) is 18.2 Å². The van der Waals surface area contributed by atoms with Gasteiger partial charge in [-0.2, -0.15) is 0 Å². The quantitative estimate of drug-likeness (QED) is 0.852. The molecule has 3 nitrogen and oxygen atoms in total. The Morgan fingerprint density at radius 1 is 1.38 bits per heavy atom. The van der Waals surface area contributed by atoms with Crippen LogP contribution in [0.25, 0.3) is 0 Å². The predicted octanol–water partition coefficient (Wildman–Crippen LogP) is 4.25. The van der Waals surface area contributed by atoms with E-state index in [0.29, 0.717) is 5.92 Å². The van der Waals surface area contributed by atoms with Crippen molar-refractivity contribution in [3.05, 3.63) is 29.3 Å². The lowest BCUT2D eigenvalue weighted by molar-refractivity contribution is -0.137. The van der Waals surface area contributed by atoms with Gasteiger partial charge in [0.05, 0.1) is 13.5 Å². The molecule has 0 spiro atoms. The first kappa shape index (κ1) is 15.9. The first-order chi connectivity index (χ1) is 9.80. The van der Waals surface area contributed by atoms with E-state index in [-0.39, 0.29) is 17.8 Å². The van der Waals surface area contributed by atoms with Crippen LogP contribution in [0.15, 0.2) is 18.2 Å². The highest BCUT2D eigenvalue weighted by Gasteiger charge is 2.35. The third kappa shape index (κ3) is 4.48. The Labute approximate surface area is 127 Å². The number of hydrogen-bond donors (Lipinski definition) is 1. The van der Waals surface area contributed by atoms with Gasteiger partial charge in [-0.3, -0.25) is 4.79 Å². The summed E-state index contributed by atoms with van der Waals surface area (Å²) in [5, 5.41) is 9.20. The molecule has 0 heterocycles. The normalized spacial score (nSPS) is 16.6. The summed E-state index contributed by atoms with van der Waals surface area (Å²) in [6, 6.07) is 6.25. The Kier molecular flexibility index (Phi) is 4.60. The van der Waals surface area contributed by atoms with Crippen molar-refractivity contribution < 1.29 is 14.6 Å². The average molecular weight is 290 g/mol. The van der Waals surface area contributed by atoms with Crippen LogP contribution < -0.4 is 4.74 Å². The van der Waals surface area contributed by atoms with E-state index in [1.807, 2.05) is 6.07 Å². The lowest BCUT2D eigenvalue weighted by atomic mass is 9.84. The lowest BCUT2D eigenvalue weighted by Gasteiger charge is -2.22. The zero-order valence-corrected chi connectivity index (χ0v) is 13.5. The average Bonchev–Trinajstić information content (AvgIpc) is 3.18. The largest absolute Gasteiger partial charge is 0.496 e. The molecule has 116 valence electrons. The summed E-state index contributed by atoms with van der Waals surface area (Å²) in [6.45, 7) is 6.64. The second-order valence-corrected chi connectivity index (χ2v) is 7.36. The maximum atomic E-state index is 11.2. The van der Waals surface area contributed by atoms with Crippen molar-refractivity contribution in [2.75, 3.05) is 7.11 Å². The van der Waals surface area contributed by atoms with Crippen LogP contribution in [0.3, 0.4) is 0 Å². The van der Waals surface area contributed by atoms with Crippen molar-refractivity contribution in [2.24, 2.45) is 11.3 Å². The highest BCUT2D eigenvalue weighted by molar-refractivity contribution is 5.68. The number of carboxylic acids is 1. The number of ether oxygens (including phenoxy) is 1. The zero-order chi connectivity index (χ0) is 15.6. The van der Waals surface area contributed by atoms with Crippen LogP contribution in [0.1, 0.15) is 57.1 Å². The molecule has 1 saturated carbocycles. The van der Waals surface area contributed by atoms with Crippen molar-refractivity contribution >= 4 is 5.97 Å². The maximum Gasteiger partial charge on any atom is 0.303 e. The molecule has 0 amide bonds. The third-order valence-corrected chi connectivity index (χ3v) is 4.01. The van der Waals surface area contributed by atoms with Crippen molar-refractivity contribution in [1.29, 1.82) is 0 Å². The van der Waals surface area contributed by atoms with Crippen LogP contribution in [0.2, 0.25) is 0 Å². The Morgan fingerprint density at radius 2 is 2.05 bits per heavy atom. The lowest BCUT2D eigenvalue weighted by Crippen LogP contribution is -2.12. The van der Waals surface area contributed by atoms with Gasteiger partial charge in [0.25, 0.3) is 0 Å². The summed E-state index contributed by atoms with van der Waals surface area (Å²) in [6.07, 6.45) is 3.43. The molecule has 1 aliphatic rings. The van der Waals surface area contributed by atoms with Crippen molar-refractivity contribution in [1.82, 2.24) is 0 Å². The summed E-state index contributed by atoms with van der Waals surface area (Å²) in [7, 11) is 1.66. The SMILES string of the molecule is COc1ccc(CC(C)(C)C)cc1C(CC(=O)O)C1CC1. The second-order valence-electron chi connectivity index (χ2n) is 7.36. The number of methoxy groups -OCH3 is 1. The highest BCUT2D eigenvalue weighted by Crippen LogP contribution is 2.47. The summed E-state index contributed by atoms with van der Waals surface area (Å²) >= 11 is 0. The van der Waals surface area contributed by atoms with E-state index in [4.69, 9.17) is 4.74 Å².